The molecule has 0 amide bonds. The Morgan fingerprint density at radius 3 is 2.60 bits per heavy atom. The smallest absolute Gasteiger partial charge is 0.265 e. The molecule has 1 aliphatic heterocycles. The lowest BCUT2D eigenvalue weighted by molar-refractivity contribution is -0.0510. The summed E-state index contributed by atoms with van der Waals surface area (Å²) in [6.07, 6.45) is 0.569. The van der Waals surface area contributed by atoms with Crippen molar-refractivity contribution in [2.45, 2.75) is 38.0 Å². The normalized spacial score (nSPS) is 17.1. The van der Waals surface area contributed by atoms with Crippen molar-refractivity contribution < 1.29 is 19.1 Å². The van der Waals surface area contributed by atoms with Crippen LogP contribution in [0.1, 0.15) is 52.1 Å². The number of carbonyl (C=O) groups excluding carboxylic acids is 2. The van der Waals surface area contributed by atoms with Gasteiger partial charge in [0, 0.05) is 11.1 Å². The largest absolute Gasteiger partial charge is 0.456 e. The summed E-state index contributed by atoms with van der Waals surface area (Å²) in [5.74, 6) is -0.0637. The van der Waals surface area contributed by atoms with Crippen LogP contribution in [0.15, 0.2) is 42.5 Å². The Morgan fingerprint density at radius 1 is 1.24 bits per heavy atom. The van der Waals surface area contributed by atoms with Gasteiger partial charge in [0.05, 0.1) is 5.56 Å². The lowest BCUT2D eigenvalue weighted by Gasteiger charge is -2.11. The number of ether oxygens (including phenoxy) is 2. The first-order chi connectivity index (χ1) is 12.0. The van der Waals surface area contributed by atoms with E-state index in [1.165, 1.54) is 0 Å². The van der Waals surface area contributed by atoms with E-state index in [2.05, 4.69) is 15.9 Å². The van der Waals surface area contributed by atoms with Gasteiger partial charge >= 0.3 is 0 Å². The molecule has 3 rings (SSSR count). The molecule has 1 heterocycles. The van der Waals surface area contributed by atoms with Crippen molar-refractivity contribution >= 4 is 27.5 Å². The van der Waals surface area contributed by atoms with Crippen LogP contribution in [0.3, 0.4) is 0 Å². The number of rotatable bonds is 6. The van der Waals surface area contributed by atoms with Gasteiger partial charge in [-0.05, 0) is 25.0 Å². The average molecular weight is 403 g/mol. The summed E-state index contributed by atoms with van der Waals surface area (Å²) >= 11 is 3.26. The monoisotopic (exact) mass is 402 g/mol. The Kier molecular flexibility index (Phi) is 5.35. The molecule has 4 nitrogen and oxygen atoms in total. The molecule has 2 atom stereocenters. The van der Waals surface area contributed by atoms with Gasteiger partial charge in [0.2, 0.25) is 5.78 Å². The highest BCUT2D eigenvalue weighted by atomic mass is 79.9. The topological polar surface area (TPSA) is 52.6 Å². The summed E-state index contributed by atoms with van der Waals surface area (Å²) in [5.41, 5.74) is 2.18. The Labute approximate surface area is 155 Å². The first kappa shape index (κ1) is 17.8. The van der Waals surface area contributed by atoms with Gasteiger partial charge in [-0.1, -0.05) is 65.7 Å². The zero-order valence-corrected chi connectivity index (χ0v) is 15.7. The van der Waals surface area contributed by atoms with Crippen molar-refractivity contribution in [1.82, 2.24) is 0 Å². The molecule has 0 aromatic heterocycles. The number of Topliss-reactive ketones (excluding diaryl/α,β-unsaturated/α-hetero) is 1. The molecular weight excluding hydrogens is 384 g/mol. The van der Waals surface area contributed by atoms with Crippen molar-refractivity contribution in [1.29, 1.82) is 0 Å². The molecule has 1 aliphatic rings. The van der Waals surface area contributed by atoms with Crippen LogP contribution in [0.4, 0.5) is 0 Å². The second kappa shape index (κ2) is 7.50. The molecule has 25 heavy (non-hydrogen) atoms. The van der Waals surface area contributed by atoms with E-state index in [1.807, 2.05) is 31.2 Å². The number of fused-ring (bicyclic) bond motifs is 1. The predicted molar refractivity (Wildman–Crippen MR) is 98.5 cm³/mol. The molecule has 130 valence electrons. The Morgan fingerprint density at radius 2 is 1.96 bits per heavy atom. The van der Waals surface area contributed by atoms with Gasteiger partial charge in [0.15, 0.2) is 5.78 Å². The van der Waals surface area contributed by atoms with E-state index in [9.17, 15) is 9.59 Å². The molecule has 0 aliphatic carbocycles. The molecular formula is C20H19BrO4. The SMILES string of the molecule is CCCc1ccc2c(c1C(=O)c1ccccc1)C(=O)C(OC(C)Br)O2. The van der Waals surface area contributed by atoms with Crippen molar-refractivity contribution in [2.24, 2.45) is 0 Å². The van der Waals surface area contributed by atoms with Gasteiger partial charge in [-0.3, -0.25) is 9.59 Å². The molecule has 0 N–H and O–H groups in total. The maximum atomic E-state index is 13.1. The van der Waals surface area contributed by atoms with Gasteiger partial charge in [0.1, 0.15) is 10.8 Å². The summed E-state index contributed by atoms with van der Waals surface area (Å²) in [4.78, 5) is 25.9. The molecule has 0 fully saturated rings. The van der Waals surface area contributed by atoms with E-state index in [0.29, 0.717) is 22.4 Å². The maximum Gasteiger partial charge on any atom is 0.265 e. The number of alkyl halides is 1. The summed E-state index contributed by atoms with van der Waals surface area (Å²) < 4.78 is 11.1. The van der Waals surface area contributed by atoms with Crippen LogP contribution in [-0.4, -0.2) is 22.9 Å². The van der Waals surface area contributed by atoms with Gasteiger partial charge < -0.3 is 9.47 Å². The number of hydrogen-bond donors (Lipinski definition) is 0. The summed E-state index contributed by atoms with van der Waals surface area (Å²) in [6.45, 7) is 3.80. The third kappa shape index (κ3) is 3.53. The van der Waals surface area contributed by atoms with E-state index in [4.69, 9.17) is 9.47 Å². The molecule has 2 aromatic carbocycles. The van der Waals surface area contributed by atoms with E-state index < -0.39 is 6.29 Å². The van der Waals surface area contributed by atoms with E-state index in [0.717, 1.165) is 18.4 Å². The fourth-order valence-electron chi connectivity index (χ4n) is 2.99. The first-order valence-corrected chi connectivity index (χ1v) is 9.20. The van der Waals surface area contributed by atoms with Crippen molar-refractivity contribution in [3.05, 3.63) is 64.7 Å². The van der Waals surface area contributed by atoms with Gasteiger partial charge in [0.25, 0.3) is 6.29 Å². The van der Waals surface area contributed by atoms with E-state index in [1.54, 1.807) is 25.1 Å². The van der Waals surface area contributed by atoms with Crippen LogP contribution < -0.4 is 4.74 Å². The van der Waals surface area contributed by atoms with Gasteiger partial charge in [-0.15, -0.1) is 0 Å². The van der Waals surface area contributed by atoms with Crippen LogP contribution in [-0.2, 0) is 11.2 Å². The molecule has 2 unspecified atom stereocenters. The molecule has 0 bridgehead atoms. The first-order valence-electron chi connectivity index (χ1n) is 8.29. The fourth-order valence-corrected chi connectivity index (χ4v) is 3.18. The Bertz CT molecular complexity index is 799. The highest BCUT2D eigenvalue weighted by molar-refractivity contribution is 9.09. The van der Waals surface area contributed by atoms with Crippen molar-refractivity contribution in [3.8, 4) is 5.75 Å². The van der Waals surface area contributed by atoms with E-state index in [-0.39, 0.29) is 16.6 Å². The minimum Gasteiger partial charge on any atom is -0.456 e. The summed E-state index contributed by atoms with van der Waals surface area (Å²) in [5, 5.41) is -0.334. The third-order valence-electron chi connectivity index (χ3n) is 4.04. The zero-order chi connectivity index (χ0) is 18.0. The lowest BCUT2D eigenvalue weighted by Crippen LogP contribution is -2.27. The van der Waals surface area contributed by atoms with Crippen molar-refractivity contribution in [2.75, 3.05) is 0 Å². The van der Waals surface area contributed by atoms with Crippen molar-refractivity contribution in [3.63, 3.8) is 0 Å². The number of aryl methyl sites for hydroxylation is 1. The summed E-state index contributed by atoms with van der Waals surface area (Å²) in [7, 11) is 0. The quantitative estimate of drug-likeness (QED) is 0.526. The number of ketones is 2. The van der Waals surface area contributed by atoms with Crippen LogP contribution >= 0.6 is 15.9 Å². The molecule has 0 saturated carbocycles. The summed E-state index contributed by atoms with van der Waals surface area (Å²) in [6, 6.07) is 12.6. The second-order valence-corrected chi connectivity index (χ2v) is 7.20. The number of halogens is 1. The highest BCUT2D eigenvalue weighted by Gasteiger charge is 2.38. The number of benzene rings is 2. The Hall–Kier alpha value is -1.98. The van der Waals surface area contributed by atoms with Crippen LogP contribution in [0.2, 0.25) is 0 Å². The number of hydrogen-bond acceptors (Lipinski definition) is 4. The molecule has 5 heteroatoms. The van der Waals surface area contributed by atoms with Crippen LogP contribution in [0, 0.1) is 0 Å². The molecule has 0 radical (unpaired) electrons. The van der Waals surface area contributed by atoms with Crippen LogP contribution in [0.25, 0.3) is 0 Å². The number of carbonyl (C=O) groups is 2. The Balaban J connectivity index is 2.10. The highest BCUT2D eigenvalue weighted by Crippen LogP contribution is 2.36. The molecule has 0 saturated heterocycles. The van der Waals surface area contributed by atoms with Gasteiger partial charge in [-0.2, -0.15) is 0 Å². The van der Waals surface area contributed by atoms with E-state index >= 15 is 0 Å². The predicted octanol–water partition coefficient (Wildman–Crippen LogP) is 4.53. The minimum absolute atomic E-state index is 0.162. The third-order valence-corrected chi connectivity index (χ3v) is 4.26. The molecule has 0 spiro atoms. The maximum absolute atomic E-state index is 13.1. The zero-order valence-electron chi connectivity index (χ0n) is 14.1. The fraction of sp³-hybridized carbons (Fsp3) is 0.300. The lowest BCUT2D eigenvalue weighted by atomic mass is 9.90. The second-order valence-electron chi connectivity index (χ2n) is 5.91. The molecule has 2 aromatic rings. The van der Waals surface area contributed by atoms with Crippen LogP contribution in [0.5, 0.6) is 5.75 Å². The van der Waals surface area contributed by atoms with Gasteiger partial charge in [-0.25, -0.2) is 0 Å². The minimum atomic E-state index is -1.02. The standard InChI is InChI=1S/C20H19BrO4/c1-3-7-13-10-11-15-17(19(23)20(25-15)24-12(2)21)16(13)18(22)14-8-5-4-6-9-14/h4-6,8-12,20H,3,7H2,1-2H3. The average Bonchev–Trinajstić information content (AvgIpc) is 2.91.